The van der Waals surface area contributed by atoms with Gasteiger partial charge in [-0.3, -0.25) is 9.69 Å². The number of carbonyl (C=O) groups is 2. The highest BCUT2D eigenvalue weighted by Crippen LogP contribution is 2.14. The van der Waals surface area contributed by atoms with Crippen LogP contribution in [-0.2, 0) is 16.1 Å². The summed E-state index contributed by atoms with van der Waals surface area (Å²) in [7, 11) is 0. The van der Waals surface area contributed by atoms with Crippen molar-refractivity contribution in [3.8, 4) is 0 Å². The molecule has 7 heteroatoms. The highest BCUT2D eigenvalue weighted by molar-refractivity contribution is 5.88. The van der Waals surface area contributed by atoms with Gasteiger partial charge in [-0.1, -0.05) is 6.07 Å². The van der Waals surface area contributed by atoms with Crippen molar-refractivity contribution >= 4 is 11.9 Å². The van der Waals surface area contributed by atoms with Gasteiger partial charge in [0, 0.05) is 26.2 Å². The number of ether oxygens (including phenoxy) is 1. The van der Waals surface area contributed by atoms with E-state index in [0.29, 0.717) is 19.7 Å². The first kappa shape index (κ1) is 18.4. The SMILES string of the molecule is CCO[C@H]1CN(CC(=O)NCc2cc(C(=O)O)ccc2C)C[C@@H]1O. The van der Waals surface area contributed by atoms with Crippen LogP contribution in [-0.4, -0.2) is 65.4 Å². The van der Waals surface area contributed by atoms with E-state index in [1.54, 1.807) is 18.2 Å². The number of rotatable bonds is 7. The number of aliphatic hydroxyl groups is 1. The molecule has 1 aromatic carbocycles. The minimum atomic E-state index is -0.990. The lowest BCUT2D eigenvalue weighted by Crippen LogP contribution is -2.36. The second-order valence-corrected chi connectivity index (χ2v) is 5.98. The molecule has 0 unspecified atom stereocenters. The van der Waals surface area contributed by atoms with Crippen molar-refractivity contribution in [2.24, 2.45) is 0 Å². The van der Waals surface area contributed by atoms with Crippen LogP contribution in [0.25, 0.3) is 0 Å². The Morgan fingerprint density at radius 3 is 2.79 bits per heavy atom. The van der Waals surface area contributed by atoms with E-state index in [1.165, 1.54) is 0 Å². The second kappa shape index (κ2) is 8.23. The number of aliphatic hydroxyl groups excluding tert-OH is 1. The van der Waals surface area contributed by atoms with E-state index < -0.39 is 12.1 Å². The van der Waals surface area contributed by atoms with E-state index in [2.05, 4.69) is 5.32 Å². The molecule has 24 heavy (non-hydrogen) atoms. The number of nitrogens with zero attached hydrogens (tertiary/aromatic N) is 1. The summed E-state index contributed by atoms with van der Waals surface area (Å²) in [4.78, 5) is 24.9. The Labute approximate surface area is 141 Å². The first-order valence-electron chi connectivity index (χ1n) is 8.02. The standard InChI is InChI=1S/C17H24N2O5/c1-3-24-15-9-19(8-14(15)20)10-16(21)18-7-13-6-12(17(22)23)5-4-11(13)2/h4-6,14-15,20H,3,7-10H2,1-2H3,(H,18,21)(H,22,23)/t14-,15-/m0/s1. The smallest absolute Gasteiger partial charge is 0.335 e. The number of hydrogen-bond acceptors (Lipinski definition) is 5. The lowest BCUT2D eigenvalue weighted by atomic mass is 10.1. The van der Waals surface area contributed by atoms with E-state index >= 15 is 0 Å². The number of benzene rings is 1. The third-order valence-corrected chi connectivity index (χ3v) is 4.13. The van der Waals surface area contributed by atoms with Crippen molar-refractivity contribution < 1.29 is 24.5 Å². The van der Waals surface area contributed by atoms with Crippen molar-refractivity contribution in [1.29, 1.82) is 0 Å². The number of β-amino-alcohol motifs (C(OH)–C–C–N with tert-alkyl or cyclic N) is 1. The van der Waals surface area contributed by atoms with Gasteiger partial charge in [0.15, 0.2) is 0 Å². The number of amides is 1. The summed E-state index contributed by atoms with van der Waals surface area (Å²) in [6.45, 7) is 5.66. The summed E-state index contributed by atoms with van der Waals surface area (Å²) in [5.41, 5.74) is 1.90. The van der Waals surface area contributed by atoms with Crippen LogP contribution in [0.5, 0.6) is 0 Å². The van der Waals surface area contributed by atoms with Crippen LogP contribution in [0.3, 0.4) is 0 Å². The van der Waals surface area contributed by atoms with Gasteiger partial charge < -0.3 is 20.3 Å². The molecule has 0 spiro atoms. The summed E-state index contributed by atoms with van der Waals surface area (Å²) < 4.78 is 5.43. The second-order valence-electron chi connectivity index (χ2n) is 5.98. The number of nitrogens with one attached hydrogen (secondary N) is 1. The maximum Gasteiger partial charge on any atom is 0.335 e. The Bertz CT molecular complexity index is 605. The molecule has 1 heterocycles. The van der Waals surface area contributed by atoms with Crippen molar-refractivity contribution in [1.82, 2.24) is 10.2 Å². The highest BCUT2D eigenvalue weighted by atomic mass is 16.5. The van der Waals surface area contributed by atoms with Crippen LogP contribution < -0.4 is 5.32 Å². The summed E-state index contributed by atoms with van der Waals surface area (Å²) >= 11 is 0. The Morgan fingerprint density at radius 2 is 2.12 bits per heavy atom. The Hall–Kier alpha value is -1.96. The molecule has 7 nitrogen and oxygen atoms in total. The fourth-order valence-electron chi connectivity index (χ4n) is 2.79. The minimum absolute atomic E-state index is 0.167. The molecule has 2 rings (SSSR count). The van der Waals surface area contributed by atoms with Gasteiger partial charge in [-0.25, -0.2) is 4.79 Å². The number of carboxylic acids is 1. The lowest BCUT2D eigenvalue weighted by molar-refractivity contribution is -0.122. The molecule has 0 radical (unpaired) electrons. The van der Waals surface area contributed by atoms with E-state index in [0.717, 1.165) is 11.1 Å². The fraction of sp³-hybridized carbons (Fsp3) is 0.529. The van der Waals surface area contributed by atoms with Crippen LogP contribution >= 0.6 is 0 Å². The normalized spacial score (nSPS) is 21.0. The zero-order chi connectivity index (χ0) is 17.7. The van der Waals surface area contributed by atoms with E-state index in [-0.39, 0.29) is 30.7 Å². The number of hydrogen-bond donors (Lipinski definition) is 3. The average Bonchev–Trinajstić information content (AvgIpc) is 2.86. The van der Waals surface area contributed by atoms with Gasteiger partial charge in [-0.2, -0.15) is 0 Å². The Balaban J connectivity index is 1.86. The Kier molecular flexibility index (Phi) is 6.30. The van der Waals surface area contributed by atoms with Crippen LogP contribution in [0.15, 0.2) is 18.2 Å². The molecule has 1 aliphatic rings. The number of aryl methyl sites for hydroxylation is 1. The summed E-state index contributed by atoms with van der Waals surface area (Å²) in [6, 6.07) is 4.85. The average molecular weight is 336 g/mol. The molecular formula is C17H24N2O5. The minimum Gasteiger partial charge on any atom is -0.478 e. The Morgan fingerprint density at radius 1 is 1.38 bits per heavy atom. The molecule has 132 valence electrons. The van der Waals surface area contributed by atoms with Gasteiger partial charge in [0.25, 0.3) is 0 Å². The van der Waals surface area contributed by atoms with E-state index in [4.69, 9.17) is 9.84 Å². The number of aromatic carboxylic acids is 1. The molecule has 1 aliphatic heterocycles. The molecule has 1 fully saturated rings. The zero-order valence-electron chi connectivity index (χ0n) is 14.0. The topological polar surface area (TPSA) is 99.1 Å². The predicted molar refractivity (Wildman–Crippen MR) is 87.8 cm³/mol. The van der Waals surface area contributed by atoms with Crippen LogP contribution in [0, 0.1) is 6.92 Å². The van der Waals surface area contributed by atoms with E-state index in [9.17, 15) is 14.7 Å². The molecule has 0 saturated carbocycles. The molecule has 0 aromatic heterocycles. The molecule has 1 saturated heterocycles. The maximum atomic E-state index is 12.1. The number of carbonyl (C=O) groups excluding carboxylic acids is 1. The zero-order valence-corrected chi connectivity index (χ0v) is 14.0. The summed E-state index contributed by atoms with van der Waals surface area (Å²) in [6.07, 6.45) is -0.829. The largest absolute Gasteiger partial charge is 0.478 e. The molecule has 2 atom stereocenters. The predicted octanol–water partition coefficient (Wildman–Crippen LogP) is 0.391. The molecule has 0 aliphatic carbocycles. The molecule has 1 aromatic rings. The molecule has 1 amide bonds. The number of likely N-dealkylation sites (tertiary alicyclic amines) is 1. The van der Waals surface area contributed by atoms with Crippen molar-refractivity contribution in [3.05, 3.63) is 34.9 Å². The highest BCUT2D eigenvalue weighted by Gasteiger charge is 2.32. The quantitative estimate of drug-likeness (QED) is 0.666. The van der Waals surface area contributed by atoms with Gasteiger partial charge in [0.2, 0.25) is 5.91 Å². The first-order valence-corrected chi connectivity index (χ1v) is 8.02. The van der Waals surface area contributed by atoms with Crippen LogP contribution in [0.4, 0.5) is 0 Å². The summed E-state index contributed by atoms with van der Waals surface area (Å²) in [5.74, 6) is -1.16. The lowest BCUT2D eigenvalue weighted by Gasteiger charge is -2.15. The van der Waals surface area contributed by atoms with Crippen LogP contribution in [0.1, 0.15) is 28.4 Å². The first-order chi connectivity index (χ1) is 11.4. The van der Waals surface area contributed by atoms with Crippen molar-refractivity contribution in [3.63, 3.8) is 0 Å². The molecule has 0 bridgehead atoms. The van der Waals surface area contributed by atoms with Gasteiger partial charge in [0.1, 0.15) is 0 Å². The summed E-state index contributed by atoms with van der Waals surface area (Å²) in [5, 5.41) is 21.7. The monoisotopic (exact) mass is 336 g/mol. The van der Waals surface area contributed by atoms with Gasteiger partial charge in [0.05, 0.1) is 24.3 Å². The van der Waals surface area contributed by atoms with Crippen molar-refractivity contribution in [2.45, 2.75) is 32.6 Å². The third kappa shape index (κ3) is 4.77. The van der Waals surface area contributed by atoms with Gasteiger partial charge >= 0.3 is 5.97 Å². The van der Waals surface area contributed by atoms with E-state index in [1.807, 2.05) is 18.7 Å². The van der Waals surface area contributed by atoms with Crippen LogP contribution in [0.2, 0.25) is 0 Å². The number of carboxylic acid groups (broad SMARTS) is 1. The molecular weight excluding hydrogens is 312 g/mol. The maximum absolute atomic E-state index is 12.1. The fourth-order valence-corrected chi connectivity index (χ4v) is 2.79. The van der Waals surface area contributed by atoms with Gasteiger partial charge in [-0.15, -0.1) is 0 Å². The third-order valence-electron chi connectivity index (χ3n) is 4.13. The molecule has 3 N–H and O–H groups in total. The van der Waals surface area contributed by atoms with Crippen molar-refractivity contribution in [2.75, 3.05) is 26.2 Å². The van der Waals surface area contributed by atoms with Gasteiger partial charge in [-0.05, 0) is 37.1 Å².